The molecule has 1 aromatic rings. The second-order valence-corrected chi connectivity index (χ2v) is 6.69. The Bertz CT molecular complexity index is 516. The van der Waals surface area contributed by atoms with Gasteiger partial charge < -0.3 is 5.32 Å². The highest BCUT2D eigenvalue weighted by Gasteiger charge is 2.25. The maximum atomic E-state index is 12.3. The van der Waals surface area contributed by atoms with Gasteiger partial charge in [0.2, 0.25) is 0 Å². The first-order valence-electron chi connectivity index (χ1n) is 7.41. The fourth-order valence-electron chi connectivity index (χ4n) is 2.05. The smallest absolute Gasteiger partial charge is 0.266 e. The Morgan fingerprint density at radius 1 is 1.09 bits per heavy atom. The Balaban J connectivity index is 2.84. The molecule has 1 rings (SSSR count). The highest BCUT2D eigenvalue weighted by atomic mass is 16.6. The Labute approximate surface area is 132 Å². The topological polar surface area (TPSA) is 67.4 Å². The van der Waals surface area contributed by atoms with E-state index in [9.17, 15) is 9.59 Å². The third-order valence-corrected chi connectivity index (χ3v) is 3.45. The monoisotopic (exact) mass is 306 g/mol. The minimum atomic E-state index is -0.644. The van der Waals surface area contributed by atoms with E-state index in [1.54, 1.807) is 12.1 Å². The van der Waals surface area contributed by atoms with Crippen molar-refractivity contribution in [3.8, 4) is 0 Å². The van der Waals surface area contributed by atoms with Crippen molar-refractivity contribution in [2.24, 2.45) is 5.92 Å². The van der Waals surface area contributed by atoms with Crippen LogP contribution in [0, 0.1) is 5.92 Å². The van der Waals surface area contributed by atoms with Gasteiger partial charge in [0.1, 0.15) is 6.04 Å². The average molecular weight is 306 g/mol. The van der Waals surface area contributed by atoms with Gasteiger partial charge in [-0.2, -0.15) is 0 Å². The van der Waals surface area contributed by atoms with Crippen LogP contribution < -0.4 is 10.8 Å². The largest absolute Gasteiger partial charge is 0.340 e. The molecule has 0 radical (unpaired) electrons. The summed E-state index contributed by atoms with van der Waals surface area (Å²) in [6, 6.07) is 6.79. The zero-order valence-electron chi connectivity index (χ0n) is 14.2. The van der Waals surface area contributed by atoms with E-state index in [4.69, 9.17) is 0 Å². The third-order valence-electron chi connectivity index (χ3n) is 3.45. The van der Waals surface area contributed by atoms with Crippen LogP contribution in [0.25, 0.3) is 0 Å². The predicted octanol–water partition coefficient (Wildman–Crippen LogP) is 2.42. The van der Waals surface area contributed by atoms with Crippen LogP contribution in [-0.2, 0) is 15.0 Å². The maximum absolute atomic E-state index is 12.3. The lowest BCUT2D eigenvalue weighted by Crippen LogP contribution is -2.49. The molecule has 0 spiro atoms. The van der Waals surface area contributed by atoms with Crippen molar-refractivity contribution in [3.05, 3.63) is 35.4 Å². The lowest BCUT2D eigenvalue weighted by Gasteiger charge is -2.22. The van der Waals surface area contributed by atoms with Crippen LogP contribution in [0.4, 0.5) is 0 Å². The molecule has 0 aliphatic heterocycles. The van der Waals surface area contributed by atoms with E-state index < -0.39 is 6.04 Å². The van der Waals surface area contributed by atoms with E-state index in [-0.39, 0.29) is 23.1 Å². The molecule has 5 nitrogen and oxygen atoms in total. The van der Waals surface area contributed by atoms with Crippen LogP contribution in [0.2, 0.25) is 0 Å². The number of amides is 2. The quantitative estimate of drug-likeness (QED) is 0.821. The summed E-state index contributed by atoms with van der Waals surface area (Å²) in [7, 11) is 1.36. The molecular weight excluding hydrogens is 280 g/mol. The fourth-order valence-corrected chi connectivity index (χ4v) is 2.05. The van der Waals surface area contributed by atoms with E-state index in [1.165, 1.54) is 7.11 Å². The first-order chi connectivity index (χ1) is 10.2. The Hall–Kier alpha value is -1.88. The summed E-state index contributed by atoms with van der Waals surface area (Å²) >= 11 is 0. The lowest BCUT2D eigenvalue weighted by molar-refractivity contribution is -0.134. The van der Waals surface area contributed by atoms with Gasteiger partial charge in [0.15, 0.2) is 0 Å². The van der Waals surface area contributed by atoms with E-state index >= 15 is 0 Å². The molecule has 0 aliphatic rings. The Kier molecular flexibility index (Phi) is 6.11. The van der Waals surface area contributed by atoms with Crippen LogP contribution in [0.5, 0.6) is 0 Å². The number of carbonyl (C=O) groups excluding carboxylic acids is 2. The number of rotatable bonds is 5. The second-order valence-electron chi connectivity index (χ2n) is 6.69. The zero-order chi connectivity index (χ0) is 16.9. The first kappa shape index (κ1) is 18.2. The molecule has 0 saturated heterocycles. The summed E-state index contributed by atoms with van der Waals surface area (Å²) in [5.41, 5.74) is 3.98. The minimum Gasteiger partial charge on any atom is -0.340 e. The van der Waals surface area contributed by atoms with E-state index in [2.05, 4.69) is 36.4 Å². The van der Waals surface area contributed by atoms with Crippen molar-refractivity contribution in [3.63, 3.8) is 0 Å². The molecule has 0 fully saturated rings. The molecule has 0 bridgehead atoms. The molecule has 0 heterocycles. The van der Waals surface area contributed by atoms with Gasteiger partial charge in [-0.25, -0.2) is 5.48 Å². The van der Waals surface area contributed by atoms with Crippen molar-refractivity contribution < 1.29 is 14.4 Å². The number of carbonyl (C=O) groups is 2. The van der Waals surface area contributed by atoms with Gasteiger partial charge in [-0.3, -0.25) is 14.4 Å². The molecule has 2 N–H and O–H groups in total. The summed E-state index contributed by atoms with van der Waals surface area (Å²) in [6.07, 6.45) is 0. The standard InChI is InChI=1S/C17H26N2O3/c1-11(2)14(16(21)19-22-6)18-15(20)12-7-9-13(10-8-12)17(3,4)5/h7-11,14H,1-6H3,(H,18,20)(H,19,21). The molecular formula is C17H26N2O3. The Morgan fingerprint density at radius 3 is 2.05 bits per heavy atom. The van der Waals surface area contributed by atoms with E-state index in [1.807, 2.05) is 26.0 Å². The summed E-state index contributed by atoms with van der Waals surface area (Å²) in [4.78, 5) is 28.8. The fraction of sp³-hybridized carbons (Fsp3) is 0.529. The van der Waals surface area contributed by atoms with Gasteiger partial charge in [0.05, 0.1) is 7.11 Å². The van der Waals surface area contributed by atoms with Crippen molar-refractivity contribution in [2.45, 2.75) is 46.1 Å². The van der Waals surface area contributed by atoms with Gasteiger partial charge in [-0.1, -0.05) is 46.8 Å². The molecule has 0 aliphatic carbocycles. The predicted molar refractivity (Wildman–Crippen MR) is 86.4 cm³/mol. The number of hydrogen-bond acceptors (Lipinski definition) is 3. The van der Waals surface area contributed by atoms with Crippen molar-refractivity contribution in [1.82, 2.24) is 10.8 Å². The number of hydroxylamine groups is 1. The zero-order valence-corrected chi connectivity index (χ0v) is 14.2. The molecule has 1 aromatic carbocycles. The van der Waals surface area contributed by atoms with E-state index in [0.717, 1.165) is 5.56 Å². The van der Waals surface area contributed by atoms with Gasteiger partial charge in [0.25, 0.3) is 11.8 Å². The van der Waals surface area contributed by atoms with Gasteiger partial charge in [-0.05, 0) is 29.0 Å². The first-order valence-corrected chi connectivity index (χ1v) is 7.41. The lowest BCUT2D eigenvalue weighted by atomic mass is 9.86. The van der Waals surface area contributed by atoms with E-state index in [0.29, 0.717) is 5.56 Å². The van der Waals surface area contributed by atoms with Gasteiger partial charge in [0, 0.05) is 5.56 Å². The van der Waals surface area contributed by atoms with Crippen molar-refractivity contribution in [1.29, 1.82) is 0 Å². The highest BCUT2D eigenvalue weighted by Crippen LogP contribution is 2.22. The highest BCUT2D eigenvalue weighted by molar-refractivity contribution is 5.97. The molecule has 5 heteroatoms. The number of hydrogen-bond donors (Lipinski definition) is 2. The second kappa shape index (κ2) is 7.40. The summed E-state index contributed by atoms with van der Waals surface area (Å²) in [5.74, 6) is -0.685. The Morgan fingerprint density at radius 2 is 1.64 bits per heavy atom. The molecule has 122 valence electrons. The van der Waals surface area contributed by atoms with Crippen LogP contribution in [-0.4, -0.2) is 25.0 Å². The summed E-state index contributed by atoms with van der Waals surface area (Å²) in [5, 5.41) is 2.74. The van der Waals surface area contributed by atoms with Crippen LogP contribution >= 0.6 is 0 Å². The van der Waals surface area contributed by atoms with Crippen LogP contribution in [0.1, 0.15) is 50.5 Å². The SMILES string of the molecule is CONC(=O)C(NC(=O)c1ccc(C(C)(C)C)cc1)C(C)C. The molecule has 0 saturated carbocycles. The van der Waals surface area contributed by atoms with Crippen LogP contribution in [0.15, 0.2) is 24.3 Å². The maximum Gasteiger partial charge on any atom is 0.266 e. The van der Waals surface area contributed by atoms with Gasteiger partial charge >= 0.3 is 0 Å². The number of benzene rings is 1. The van der Waals surface area contributed by atoms with Crippen LogP contribution in [0.3, 0.4) is 0 Å². The third kappa shape index (κ3) is 4.84. The van der Waals surface area contributed by atoms with Gasteiger partial charge in [-0.15, -0.1) is 0 Å². The molecule has 1 atom stereocenters. The van der Waals surface area contributed by atoms with Crippen molar-refractivity contribution in [2.75, 3.05) is 7.11 Å². The number of nitrogens with one attached hydrogen (secondary N) is 2. The molecule has 0 aromatic heterocycles. The average Bonchev–Trinajstić information content (AvgIpc) is 2.43. The molecule has 1 unspecified atom stereocenters. The summed E-state index contributed by atoms with van der Waals surface area (Å²) in [6.45, 7) is 10.1. The molecule has 22 heavy (non-hydrogen) atoms. The van der Waals surface area contributed by atoms with Crippen molar-refractivity contribution >= 4 is 11.8 Å². The minimum absolute atomic E-state index is 0.0355. The summed E-state index contributed by atoms with van der Waals surface area (Å²) < 4.78 is 0. The normalized spacial score (nSPS) is 12.9. The molecule has 2 amide bonds.